The molecule has 19 heavy (non-hydrogen) atoms. The first-order valence-corrected chi connectivity index (χ1v) is 5.74. The van der Waals surface area contributed by atoms with E-state index in [1.807, 2.05) is 12.1 Å². The number of aliphatic imine (C=N–C) groups is 1. The van der Waals surface area contributed by atoms with Crippen LogP contribution in [0.15, 0.2) is 23.2 Å². The van der Waals surface area contributed by atoms with E-state index in [1.54, 1.807) is 27.4 Å². The molecule has 0 aliphatic heterocycles. The van der Waals surface area contributed by atoms with Gasteiger partial charge in [0.2, 0.25) is 5.96 Å². The lowest BCUT2D eigenvalue weighted by Crippen LogP contribution is -2.36. The summed E-state index contributed by atoms with van der Waals surface area (Å²) < 4.78 is 15.3. The topological polar surface area (TPSA) is 90.1 Å². The molecule has 0 heterocycles. The minimum Gasteiger partial charge on any atom is -0.497 e. The first-order valence-electron chi connectivity index (χ1n) is 5.74. The van der Waals surface area contributed by atoms with E-state index >= 15 is 0 Å². The molecule has 0 aliphatic carbocycles. The van der Waals surface area contributed by atoms with E-state index in [4.69, 9.17) is 20.1 Å². The zero-order valence-corrected chi connectivity index (χ0v) is 11.4. The highest BCUT2D eigenvalue weighted by Gasteiger charge is 2.06. The van der Waals surface area contributed by atoms with Crippen LogP contribution in [-0.2, 0) is 4.74 Å². The summed E-state index contributed by atoms with van der Waals surface area (Å²) in [6.45, 7) is 1.02. The van der Waals surface area contributed by atoms with Crippen LogP contribution in [-0.4, -0.2) is 40.4 Å². The Hall–Kier alpha value is -1.99. The zero-order chi connectivity index (χ0) is 14.1. The third-order valence-corrected chi connectivity index (χ3v) is 2.36. The number of anilines is 1. The van der Waals surface area contributed by atoms with Crippen LogP contribution in [0.1, 0.15) is 0 Å². The molecule has 0 unspecified atom stereocenters. The summed E-state index contributed by atoms with van der Waals surface area (Å²) in [5, 5.41) is 3.04. The maximum absolute atomic E-state index is 5.40. The Morgan fingerprint density at radius 1 is 1.26 bits per heavy atom. The van der Waals surface area contributed by atoms with E-state index in [2.05, 4.69) is 15.7 Å². The van der Waals surface area contributed by atoms with Gasteiger partial charge in [0.1, 0.15) is 11.5 Å². The normalized spacial score (nSPS) is 11.1. The lowest BCUT2D eigenvalue weighted by atomic mass is 10.2. The van der Waals surface area contributed by atoms with Gasteiger partial charge in [-0.25, -0.2) is 10.8 Å². The number of guanidine groups is 1. The van der Waals surface area contributed by atoms with Gasteiger partial charge < -0.3 is 19.5 Å². The summed E-state index contributed by atoms with van der Waals surface area (Å²) in [7, 11) is 4.80. The van der Waals surface area contributed by atoms with Gasteiger partial charge in [-0.3, -0.25) is 5.43 Å². The molecular formula is C12H20N4O3. The summed E-state index contributed by atoms with van der Waals surface area (Å²) in [6, 6.07) is 5.40. The van der Waals surface area contributed by atoms with Crippen LogP contribution in [0.5, 0.6) is 11.5 Å². The van der Waals surface area contributed by atoms with Gasteiger partial charge >= 0.3 is 0 Å². The summed E-state index contributed by atoms with van der Waals surface area (Å²) >= 11 is 0. The summed E-state index contributed by atoms with van der Waals surface area (Å²) in [4.78, 5) is 4.20. The van der Waals surface area contributed by atoms with Crippen LogP contribution in [0.4, 0.5) is 5.69 Å². The molecular weight excluding hydrogens is 248 g/mol. The molecule has 0 spiro atoms. The SMILES string of the molecule is COCCN=C(NN)Nc1ccc(OC)cc1OC. The number of nitrogens with zero attached hydrogens (tertiary/aromatic N) is 1. The van der Waals surface area contributed by atoms with Gasteiger partial charge in [-0.2, -0.15) is 0 Å². The average Bonchev–Trinajstić information content (AvgIpc) is 2.46. The standard InChI is InChI=1S/C12H20N4O3/c1-17-7-6-14-12(16-13)15-10-5-4-9(18-2)8-11(10)19-3/h4-5,8H,6-7,13H2,1-3H3,(H2,14,15,16). The van der Waals surface area contributed by atoms with Crippen LogP contribution < -0.4 is 26.1 Å². The molecule has 1 aromatic rings. The van der Waals surface area contributed by atoms with Crippen LogP contribution in [0.2, 0.25) is 0 Å². The second-order valence-electron chi connectivity index (χ2n) is 3.56. The van der Waals surface area contributed by atoms with Crippen LogP contribution in [0, 0.1) is 0 Å². The Labute approximate surface area is 112 Å². The molecule has 0 aromatic heterocycles. The first-order chi connectivity index (χ1) is 9.24. The van der Waals surface area contributed by atoms with Crippen LogP contribution in [0.25, 0.3) is 0 Å². The molecule has 4 N–H and O–H groups in total. The van der Waals surface area contributed by atoms with E-state index in [9.17, 15) is 0 Å². The van der Waals surface area contributed by atoms with Crippen molar-refractivity contribution in [2.24, 2.45) is 10.8 Å². The molecule has 0 fully saturated rings. The highest BCUT2D eigenvalue weighted by molar-refractivity contribution is 5.94. The van der Waals surface area contributed by atoms with Crippen LogP contribution >= 0.6 is 0 Å². The van der Waals surface area contributed by atoms with Gasteiger partial charge in [-0.15, -0.1) is 0 Å². The van der Waals surface area contributed by atoms with Crippen molar-refractivity contribution in [3.63, 3.8) is 0 Å². The predicted molar refractivity (Wildman–Crippen MR) is 74.7 cm³/mol. The molecule has 7 heteroatoms. The number of hydrogen-bond donors (Lipinski definition) is 3. The van der Waals surface area contributed by atoms with Gasteiger partial charge in [0.05, 0.1) is 33.1 Å². The second kappa shape index (κ2) is 8.17. The molecule has 0 aliphatic rings. The highest BCUT2D eigenvalue weighted by atomic mass is 16.5. The lowest BCUT2D eigenvalue weighted by Gasteiger charge is -2.13. The number of hydrazine groups is 1. The maximum Gasteiger partial charge on any atom is 0.210 e. The minimum absolute atomic E-state index is 0.431. The van der Waals surface area contributed by atoms with E-state index in [-0.39, 0.29) is 0 Å². The Bertz CT molecular complexity index is 423. The molecule has 7 nitrogen and oxygen atoms in total. The quantitative estimate of drug-likeness (QED) is 0.230. The van der Waals surface area contributed by atoms with E-state index in [0.29, 0.717) is 30.6 Å². The van der Waals surface area contributed by atoms with Crippen molar-refractivity contribution in [1.82, 2.24) is 5.43 Å². The molecule has 0 saturated heterocycles. The Morgan fingerprint density at radius 2 is 2.05 bits per heavy atom. The molecule has 0 bridgehead atoms. The number of benzene rings is 1. The van der Waals surface area contributed by atoms with Crippen molar-refractivity contribution in [3.05, 3.63) is 18.2 Å². The molecule has 0 radical (unpaired) electrons. The fourth-order valence-electron chi connectivity index (χ4n) is 1.40. The largest absolute Gasteiger partial charge is 0.497 e. The first kappa shape index (κ1) is 15.1. The Morgan fingerprint density at radius 3 is 2.63 bits per heavy atom. The zero-order valence-electron chi connectivity index (χ0n) is 11.4. The molecule has 1 rings (SSSR count). The fourth-order valence-corrected chi connectivity index (χ4v) is 1.40. The summed E-state index contributed by atoms with van der Waals surface area (Å²) in [5.74, 6) is 7.17. The second-order valence-corrected chi connectivity index (χ2v) is 3.56. The molecule has 0 amide bonds. The predicted octanol–water partition coefficient (Wildman–Crippen LogP) is 0.581. The number of hydrogen-bond acceptors (Lipinski definition) is 5. The fraction of sp³-hybridized carbons (Fsp3) is 0.417. The minimum atomic E-state index is 0.431. The van der Waals surface area contributed by atoms with Crippen molar-refractivity contribution in [2.75, 3.05) is 39.8 Å². The molecule has 1 aromatic carbocycles. The monoisotopic (exact) mass is 268 g/mol. The molecule has 106 valence electrons. The van der Waals surface area contributed by atoms with Gasteiger partial charge in [-0.05, 0) is 12.1 Å². The smallest absolute Gasteiger partial charge is 0.210 e. The summed E-state index contributed by atoms with van der Waals surface area (Å²) in [5.41, 5.74) is 3.22. The van der Waals surface area contributed by atoms with E-state index in [1.165, 1.54) is 0 Å². The third-order valence-electron chi connectivity index (χ3n) is 2.36. The van der Waals surface area contributed by atoms with E-state index < -0.39 is 0 Å². The van der Waals surface area contributed by atoms with Crippen LogP contribution in [0.3, 0.4) is 0 Å². The lowest BCUT2D eigenvalue weighted by molar-refractivity contribution is 0.208. The Balaban J connectivity index is 2.81. The van der Waals surface area contributed by atoms with Crippen molar-refractivity contribution in [3.8, 4) is 11.5 Å². The number of rotatable bonds is 6. The number of nitrogens with one attached hydrogen (secondary N) is 2. The van der Waals surface area contributed by atoms with Crippen molar-refractivity contribution < 1.29 is 14.2 Å². The van der Waals surface area contributed by atoms with Gasteiger partial charge in [0, 0.05) is 13.2 Å². The highest BCUT2D eigenvalue weighted by Crippen LogP contribution is 2.28. The van der Waals surface area contributed by atoms with Crippen molar-refractivity contribution in [2.45, 2.75) is 0 Å². The average molecular weight is 268 g/mol. The number of ether oxygens (including phenoxy) is 3. The molecule has 0 saturated carbocycles. The van der Waals surface area contributed by atoms with Gasteiger partial charge in [-0.1, -0.05) is 0 Å². The number of methoxy groups -OCH3 is 3. The van der Waals surface area contributed by atoms with Crippen molar-refractivity contribution >= 4 is 11.6 Å². The van der Waals surface area contributed by atoms with Gasteiger partial charge in [0.15, 0.2) is 0 Å². The van der Waals surface area contributed by atoms with Crippen molar-refractivity contribution in [1.29, 1.82) is 0 Å². The summed E-state index contributed by atoms with van der Waals surface area (Å²) in [6.07, 6.45) is 0. The maximum atomic E-state index is 5.40. The third kappa shape index (κ3) is 4.65. The van der Waals surface area contributed by atoms with E-state index in [0.717, 1.165) is 5.69 Å². The number of nitrogens with two attached hydrogens (primary N) is 1. The molecule has 0 atom stereocenters. The Kier molecular flexibility index (Phi) is 6.48. The van der Waals surface area contributed by atoms with Gasteiger partial charge in [0.25, 0.3) is 0 Å².